The van der Waals surface area contributed by atoms with Gasteiger partial charge in [-0.05, 0) is 5.56 Å². The molecule has 5 N–H and O–H groups in total. The maximum atomic E-state index is 10.7. The number of rotatable bonds is 4. The van der Waals surface area contributed by atoms with Crippen molar-refractivity contribution in [2.75, 3.05) is 6.54 Å². The maximum Gasteiger partial charge on any atom is 0.321 e. The lowest BCUT2D eigenvalue weighted by molar-refractivity contribution is -0.139. The van der Waals surface area contributed by atoms with Crippen LogP contribution in [0, 0.1) is 0 Å². The van der Waals surface area contributed by atoms with Crippen LogP contribution in [-0.2, 0) is 4.79 Å². The molecule has 1 unspecified atom stereocenters. The van der Waals surface area contributed by atoms with Gasteiger partial charge in [0.25, 0.3) is 0 Å². The molecule has 0 aliphatic rings. The van der Waals surface area contributed by atoms with Gasteiger partial charge < -0.3 is 16.6 Å². The minimum absolute atomic E-state index is 0.234. The highest BCUT2D eigenvalue weighted by Crippen LogP contribution is 2.16. The van der Waals surface area contributed by atoms with E-state index in [2.05, 4.69) is 0 Å². The van der Waals surface area contributed by atoms with E-state index in [4.69, 9.17) is 16.6 Å². The van der Waals surface area contributed by atoms with Crippen molar-refractivity contribution in [2.45, 2.75) is 12.0 Å². The van der Waals surface area contributed by atoms with Gasteiger partial charge in [-0.1, -0.05) is 30.3 Å². The van der Waals surface area contributed by atoms with Gasteiger partial charge in [0.1, 0.15) is 6.04 Å². The Labute approximate surface area is 82.5 Å². The molecule has 0 fully saturated rings. The molecule has 4 nitrogen and oxygen atoms in total. The van der Waals surface area contributed by atoms with E-state index in [-0.39, 0.29) is 12.5 Å². The van der Waals surface area contributed by atoms with Crippen LogP contribution in [0.2, 0.25) is 0 Å². The summed E-state index contributed by atoms with van der Waals surface area (Å²) in [4.78, 5) is 10.7. The summed E-state index contributed by atoms with van der Waals surface area (Å²) in [6, 6.07) is 8.27. The van der Waals surface area contributed by atoms with Gasteiger partial charge in [0, 0.05) is 12.5 Å². The van der Waals surface area contributed by atoms with Crippen LogP contribution in [-0.4, -0.2) is 23.7 Å². The highest BCUT2D eigenvalue weighted by molar-refractivity contribution is 5.74. The molecule has 0 bridgehead atoms. The summed E-state index contributed by atoms with van der Waals surface area (Å²) in [7, 11) is 0. The van der Waals surface area contributed by atoms with Gasteiger partial charge in [-0.25, -0.2) is 0 Å². The minimum atomic E-state index is -1.02. The zero-order valence-electron chi connectivity index (χ0n) is 7.76. The fourth-order valence-electron chi connectivity index (χ4n) is 1.36. The van der Waals surface area contributed by atoms with Crippen LogP contribution < -0.4 is 11.5 Å². The van der Waals surface area contributed by atoms with Crippen LogP contribution in [0.4, 0.5) is 0 Å². The number of hydrogen-bond donors (Lipinski definition) is 3. The van der Waals surface area contributed by atoms with Crippen molar-refractivity contribution < 1.29 is 9.90 Å². The number of benzene rings is 1. The standard InChI is InChI=1S/C10H14N2O2/c11-6-8(9(12)10(13)14)7-4-2-1-3-5-7/h1-5,8-9H,6,11-12H2,(H,13,14)/t8?,9-/m0/s1. The van der Waals surface area contributed by atoms with Gasteiger partial charge in [-0.2, -0.15) is 0 Å². The molecule has 0 heterocycles. The number of carbonyl (C=O) groups is 1. The summed E-state index contributed by atoms with van der Waals surface area (Å²) >= 11 is 0. The van der Waals surface area contributed by atoms with Crippen LogP contribution in [0.25, 0.3) is 0 Å². The Hall–Kier alpha value is -1.39. The van der Waals surface area contributed by atoms with Crippen LogP contribution in [0.1, 0.15) is 11.5 Å². The van der Waals surface area contributed by atoms with Crippen molar-refractivity contribution >= 4 is 5.97 Å². The third kappa shape index (κ3) is 2.31. The Balaban J connectivity index is 2.87. The van der Waals surface area contributed by atoms with Crippen LogP contribution in [0.5, 0.6) is 0 Å². The molecule has 14 heavy (non-hydrogen) atoms. The second-order valence-corrected chi connectivity index (χ2v) is 3.12. The van der Waals surface area contributed by atoms with E-state index < -0.39 is 12.0 Å². The molecule has 4 heteroatoms. The summed E-state index contributed by atoms with van der Waals surface area (Å²) in [5.74, 6) is -1.35. The van der Waals surface area contributed by atoms with E-state index in [1.165, 1.54) is 0 Å². The molecule has 0 saturated heterocycles. The van der Waals surface area contributed by atoms with E-state index in [1.807, 2.05) is 30.3 Å². The first-order valence-corrected chi connectivity index (χ1v) is 4.40. The molecule has 2 atom stereocenters. The smallest absolute Gasteiger partial charge is 0.321 e. The van der Waals surface area contributed by atoms with Gasteiger partial charge in [0.15, 0.2) is 0 Å². The van der Waals surface area contributed by atoms with E-state index in [1.54, 1.807) is 0 Å². The molecule has 0 amide bonds. The quantitative estimate of drug-likeness (QED) is 0.636. The number of hydrogen-bond acceptors (Lipinski definition) is 3. The zero-order valence-corrected chi connectivity index (χ0v) is 7.76. The van der Waals surface area contributed by atoms with Crippen molar-refractivity contribution in [1.29, 1.82) is 0 Å². The van der Waals surface area contributed by atoms with Crippen molar-refractivity contribution in [3.05, 3.63) is 35.9 Å². The lowest BCUT2D eigenvalue weighted by atomic mass is 9.92. The fraction of sp³-hybridized carbons (Fsp3) is 0.300. The molecule has 76 valence electrons. The Morgan fingerprint density at radius 2 is 1.93 bits per heavy atom. The van der Waals surface area contributed by atoms with Crippen LogP contribution >= 0.6 is 0 Å². The first kappa shape index (κ1) is 10.7. The largest absolute Gasteiger partial charge is 0.480 e. The topological polar surface area (TPSA) is 89.3 Å². The predicted molar refractivity (Wildman–Crippen MR) is 53.8 cm³/mol. The van der Waals surface area contributed by atoms with Crippen molar-refractivity contribution in [3.63, 3.8) is 0 Å². The second kappa shape index (κ2) is 4.74. The van der Waals surface area contributed by atoms with Crippen LogP contribution in [0.3, 0.4) is 0 Å². The summed E-state index contributed by atoms with van der Waals surface area (Å²) in [5, 5.41) is 8.76. The summed E-state index contributed by atoms with van der Waals surface area (Å²) in [5.41, 5.74) is 11.9. The first-order chi connectivity index (χ1) is 6.66. The molecule has 1 aromatic carbocycles. The fourth-order valence-corrected chi connectivity index (χ4v) is 1.36. The van der Waals surface area contributed by atoms with E-state index in [0.29, 0.717) is 0 Å². The summed E-state index contributed by atoms with van der Waals surface area (Å²) in [6.07, 6.45) is 0. The Morgan fingerprint density at radius 3 is 2.36 bits per heavy atom. The van der Waals surface area contributed by atoms with Crippen molar-refractivity contribution in [2.24, 2.45) is 11.5 Å². The second-order valence-electron chi connectivity index (χ2n) is 3.12. The predicted octanol–water partition coefficient (Wildman–Crippen LogP) is 0.141. The molecule has 0 saturated carbocycles. The SMILES string of the molecule is NCC(c1ccccc1)[C@H](N)C(=O)O. The summed E-state index contributed by atoms with van der Waals surface area (Å²) in [6.45, 7) is 0.234. The molecule has 0 aromatic heterocycles. The minimum Gasteiger partial charge on any atom is -0.480 e. The highest BCUT2D eigenvalue weighted by Gasteiger charge is 2.23. The van der Waals surface area contributed by atoms with Gasteiger partial charge in [-0.15, -0.1) is 0 Å². The zero-order chi connectivity index (χ0) is 10.6. The van der Waals surface area contributed by atoms with E-state index in [9.17, 15) is 4.79 Å². The first-order valence-electron chi connectivity index (χ1n) is 4.40. The Morgan fingerprint density at radius 1 is 1.36 bits per heavy atom. The van der Waals surface area contributed by atoms with E-state index >= 15 is 0 Å². The van der Waals surface area contributed by atoms with Crippen molar-refractivity contribution in [3.8, 4) is 0 Å². The Kier molecular flexibility index (Phi) is 3.62. The monoisotopic (exact) mass is 194 g/mol. The number of carboxylic acid groups (broad SMARTS) is 1. The third-order valence-corrected chi connectivity index (χ3v) is 2.20. The molecule has 0 radical (unpaired) electrons. The van der Waals surface area contributed by atoms with Gasteiger partial charge >= 0.3 is 5.97 Å². The third-order valence-electron chi connectivity index (χ3n) is 2.20. The maximum absolute atomic E-state index is 10.7. The molecular weight excluding hydrogens is 180 g/mol. The van der Waals surface area contributed by atoms with Crippen LogP contribution in [0.15, 0.2) is 30.3 Å². The van der Waals surface area contributed by atoms with Gasteiger partial charge in [0.2, 0.25) is 0 Å². The van der Waals surface area contributed by atoms with Gasteiger partial charge in [0.05, 0.1) is 0 Å². The number of aliphatic carboxylic acids is 1. The molecule has 1 aromatic rings. The highest BCUT2D eigenvalue weighted by atomic mass is 16.4. The van der Waals surface area contributed by atoms with E-state index in [0.717, 1.165) is 5.56 Å². The molecule has 0 aliphatic heterocycles. The molecule has 1 rings (SSSR count). The molecular formula is C10H14N2O2. The molecule has 0 aliphatic carbocycles. The number of nitrogens with two attached hydrogens (primary N) is 2. The molecule has 0 spiro atoms. The van der Waals surface area contributed by atoms with Crippen molar-refractivity contribution in [1.82, 2.24) is 0 Å². The Bertz CT molecular complexity index is 300. The average Bonchev–Trinajstić information content (AvgIpc) is 2.20. The normalized spacial score (nSPS) is 14.7. The lowest BCUT2D eigenvalue weighted by Gasteiger charge is -2.18. The van der Waals surface area contributed by atoms with Gasteiger partial charge in [-0.3, -0.25) is 4.79 Å². The number of carboxylic acids is 1. The lowest BCUT2D eigenvalue weighted by Crippen LogP contribution is -2.39. The summed E-state index contributed by atoms with van der Waals surface area (Å²) < 4.78 is 0. The average molecular weight is 194 g/mol.